The van der Waals surface area contributed by atoms with E-state index in [1.54, 1.807) is 6.92 Å². The highest BCUT2D eigenvalue weighted by Gasteiger charge is 2.26. The molecule has 1 fully saturated rings. The minimum absolute atomic E-state index is 0.0700. The first kappa shape index (κ1) is 22.5. The standard InChI is InChI=1S/C25H28N4O4/c1-3-28(25(31)23-18(2)33-27-24(23)19-7-5-4-6-8-19)17-22(30)26-20-9-11-21(12-10-20)29-13-15-32-16-14-29/h4-12H,3,13-17H2,1-2H3,(H,26,30). The number of aryl methyl sites for hydroxylation is 1. The van der Waals surface area contributed by atoms with Crippen LogP contribution in [0.2, 0.25) is 0 Å². The zero-order valence-electron chi connectivity index (χ0n) is 18.9. The average Bonchev–Trinajstić information content (AvgIpc) is 3.25. The number of morpholine rings is 1. The molecule has 1 aliphatic rings. The van der Waals surface area contributed by atoms with Crippen LogP contribution in [-0.2, 0) is 9.53 Å². The molecule has 2 aromatic carbocycles. The molecule has 0 radical (unpaired) electrons. The highest BCUT2D eigenvalue weighted by Crippen LogP contribution is 2.26. The quantitative estimate of drug-likeness (QED) is 0.594. The van der Waals surface area contributed by atoms with E-state index in [0.717, 1.165) is 37.6 Å². The zero-order valence-corrected chi connectivity index (χ0v) is 18.9. The number of nitrogens with zero attached hydrogens (tertiary/aromatic N) is 3. The Hall–Kier alpha value is -3.65. The maximum atomic E-state index is 13.3. The number of hydrogen-bond acceptors (Lipinski definition) is 6. The lowest BCUT2D eigenvalue weighted by Crippen LogP contribution is -2.38. The van der Waals surface area contributed by atoms with Crippen molar-refractivity contribution in [2.24, 2.45) is 0 Å². The van der Waals surface area contributed by atoms with Gasteiger partial charge in [-0.2, -0.15) is 0 Å². The van der Waals surface area contributed by atoms with Crippen molar-refractivity contribution < 1.29 is 18.8 Å². The minimum atomic E-state index is -0.284. The zero-order chi connectivity index (χ0) is 23.2. The predicted octanol–water partition coefficient (Wildman–Crippen LogP) is 3.59. The summed E-state index contributed by atoms with van der Waals surface area (Å²) in [6, 6.07) is 17.1. The molecule has 1 saturated heterocycles. The number of likely N-dealkylation sites (N-methyl/N-ethyl adjacent to an activating group) is 1. The first-order valence-corrected chi connectivity index (χ1v) is 11.1. The summed E-state index contributed by atoms with van der Waals surface area (Å²) in [5.41, 5.74) is 3.43. The second-order valence-corrected chi connectivity index (χ2v) is 7.84. The molecule has 0 aliphatic carbocycles. The first-order chi connectivity index (χ1) is 16.1. The van der Waals surface area contributed by atoms with E-state index in [4.69, 9.17) is 9.26 Å². The van der Waals surface area contributed by atoms with Gasteiger partial charge in [-0.05, 0) is 38.1 Å². The molecule has 4 rings (SSSR count). The molecule has 0 atom stereocenters. The second-order valence-electron chi connectivity index (χ2n) is 7.84. The van der Waals surface area contributed by atoms with Crippen molar-refractivity contribution in [3.8, 4) is 11.3 Å². The van der Waals surface area contributed by atoms with Gasteiger partial charge in [0.1, 0.15) is 23.6 Å². The number of hydrogen-bond donors (Lipinski definition) is 1. The Balaban J connectivity index is 1.42. The molecule has 8 heteroatoms. The van der Waals surface area contributed by atoms with Crippen LogP contribution in [0, 0.1) is 6.92 Å². The van der Waals surface area contributed by atoms with E-state index in [1.165, 1.54) is 4.90 Å². The fourth-order valence-electron chi connectivity index (χ4n) is 3.85. The number of benzene rings is 2. The molecule has 1 N–H and O–H groups in total. The van der Waals surface area contributed by atoms with Crippen molar-refractivity contribution in [3.63, 3.8) is 0 Å². The van der Waals surface area contributed by atoms with Gasteiger partial charge < -0.3 is 24.4 Å². The third kappa shape index (κ3) is 5.23. The Morgan fingerprint density at radius 2 is 1.76 bits per heavy atom. The van der Waals surface area contributed by atoms with Crippen LogP contribution >= 0.6 is 0 Å². The largest absolute Gasteiger partial charge is 0.378 e. The lowest BCUT2D eigenvalue weighted by atomic mass is 10.1. The summed E-state index contributed by atoms with van der Waals surface area (Å²) in [5, 5.41) is 6.97. The van der Waals surface area contributed by atoms with E-state index >= 15 is 0 Å². The van der Waals surface area contributed by atoms with Crippen molar-refractivity contribution >= 4 is 23.2 Å². The topological polar surface area (TPSA) is 87.9 Å². The molecule has 0 bridgehead atoms. The molecule has 8 nitrogen and oxygen atoms in total. The van der Waals surface area contributed by atoms with E-state index in [9.17, 15) is 9.59 Å². The Bertz CT molecular complexity index is 1090. The molecular formula is C25H28N4O4. The van der Waals surface area contributed by atoms with Crippen LogP contribution in [0.25, 0.3) is 11.3 Å². The molecule has 0 spiro atoms. The van der Waals surface area contributed by atoms with Crippen molar-refractivity contribution in [1.82, 2.24) is 10.1 Å². The van der Waals surface area contributed by atoms with Gasteiger partial charge in [0.05, 0.1) is 13.2 Å². The number of rotatable bonds is 7. The average molecular weight is 449 g/mol. The molecule has 1 aliphatic heterocycles. The SMILES string of the molecule is CCN(CC(=O)Nc1ccc(N2CCOCC2)cc1)C(=O)c1c(-c2ccccc2)noc1C. The lowest BCUT2D eigenvalue weighted by molar-refractivity contribution is -0.116. The van der Waals surface area contributed by atoms with Crippen molar-refractivity contribution in [3.05, 3.63) is 65.9 Å². The summed E-state index contributed by atoms with van der Waals surface area (Å²) in [5.74, 6) is -0.121. The summed E-state index contributed by atoms with van der Waals surface area (Å²) < 4.78 is 10.7. The number of aromatic nitrogens is 1. The van der Waals surface area contributed by atoms with E-state index in [1.807, 2.05) is 61.5 Å². The van der Waals surface area contributed by atoms with Gasteiger partial charge in [-0.1, -0.05) is 35.5 Å². The molecular weight excluding hydrogens is 420 g/mol. The van der Waals surface area contributed by atoms with Gasteiger partial charge in [0.25, 0.3) is 5.91 Å². The fraction of sp³-hybridized carbons (Fsp3) is 0.320. The van der Waals surface area contributed by atoms with Crippen LogP contribution in [0.3, 0.4) is 0 Å². The molecule has 0 unspecified atom stereocenters. The maximum absolute atomic E-state index is 13.3. The normalized spacial score (nSPS) is 13.6. The van der Waals surface area contributed by atoms with Gasteiger partial charge >= 0.3 is 0 Å². The van der Waals surface area contributed by atoms with E-state index < -0.39 is 0 Å². The number of amides is 2. The molecule has 2 amide bonds. The Morgan fingerprint density at radius 3 is 2.42 bits per heavy atom. The highest BCUT2D eigenvalue weighted by molar-refractivity contribution is 6.03. The van der Waals surface area contributed by atoms with Crippen LogP contribution in [0.4, 0.5) is 11.4 Å². The molecule has 2 heterocycles. The van der Waals surface area contributed by atoms with Gasteiger partial charge in [0, 0.05) is 36.6 Å². The van der Waals surface area contributed by atoms with Crippen LogP contribution in [0.15, 0.2) is 59.1 Å². The summed E-state index contributed by atoms with van der Waals surface area (Å²) >= 11 is 0. The van der Waals surface area contributed by atoms with Gasteiger partial charge in [-0.25, -0.2) is 0 Å². The van der Waals surface area contributed by atoms with Crippen molar-refractivity contribution in [1.29, 1.82) is 0 Å². The smallest absolute Gasteiger partial charge is 0.260 e. The number of nitrogens with one attached hydrogen (secondary N) is 1. The van der Waals surface area contributed by atoms with Crippen LogP contribution < -0.4 is 10.2 Å². The number of carbonyl (C=O) groups excluding carboxylic acids is 2. The minimum Gasteiger partial charge on any atom is -0.378 e. The maximum Gasteiger partial charge on any atom is 0.260 e. The summed E-state index contributed by atoms with van der Waals surface area (Å²) in [4.78, 5) is 29.7. The molecule has 1 aromatic heterocycles. The molecule has 172 valence electrons. The summed E-state index contributed by atoms with van der Waals surface area (Å²) in [6.07, 6.45) is 0. The van der Waals surface area contributed by atoms with Gasteiger partial charge in [-0.3, -0.25) is 9.59 Å². The summed E-state index contributed by atoms with van der Waals surface area (Å²) in [7, 11) is 0. The fourth-order valence-corrected chi connectivity index (χ4v) is 3.85. The van der Waals surface area contributed by atoms with Gasteiger partial charge in [0.15, 0.2) is 0 Å². The van der Waals surface area contributed by atoms with Gasteiger partial charge in [-0.15, -0.1) is 0 Å². The van der Waals surface area contributed by atoms with Crippen LogP contribution in [-0.4, -0.2) is 61.3 Å². The number of ether oxygens (including phenoxy) is 1. The molecule has 0 saturated carbocycles. The third-order valence-corrected chi connectivity index (χ3v) is 5.65. The lowest BCUT2D eigenvalue weighted by Gasteiger charge is -2.29. The summed E-state index contributed by atoms with van der Waals surface area (Å²) in [6.45, 7) is 7.00. The Morgan fingerprint density at radius 1 is 1.06 bits per heavy atom. The van der Waals surface area contributed by atoms with Crippen molar-refractivity contribution in [2.75, 3.05) is 49.6 Å². The van der Waals surface area contributed by atoms with E-state index in [0.29, 0.717) is 29.2 Å². The Kier molecular flexibility index (Phi) is 7.04. The number of anilines is 2. The van der Waals surface area contributed by atoms with E-state index in [-0.39, 0.29) is 18.4 Å². The predicted molar refractivity (Wildman–Crippen MR) is 126 cm³/mol. The van der Waals surface area contributed by atoms with Crippen molar-refractivity contribution in [2.45, 2.75) is 13.8 Å². The monoisotopic (exact) mass is 448 g/mol. The number of carbonyl (C=O) groups is 2. The molecule has 33 heavy (non-hydrogen) atoms. The van der Waals surface area contributed by atoms with Gasteiger partial charge in [0.2, 0.25) is 5.91 Å². The third-order valence-electron chi connectivity index (χ3n) is 5.65. The Labute approximate surface area is 193 Å². The molecule has 3 aromatic rings. The second kappa shape index (κ2) is 10.3. The highest BCUT2D eigenvalue weighted by atomic mass is 16.5. The van der Waals surface area contributed by atoms with E-state index in [2.05, 4.69) is 15.4 Å². The van der Waals surface area contributed by atoms with Crippen LogP contribution in [0.5, 0.6) is 0 Å². The van der Waals surface area contributed by atoms with Crippen LogP contribution in [0.1, 0.15) is 23.0 Å². The first-order valence-electron chi connectivity index (χ1n) is 11.1.